The zero-order valence-electron chi connectivity index (χ0n) is 8.81. The van der Waals surface area contributed by atoms with E-state index in [9.17, 15) is 14.4 Å². The second kappa shape index (κ2) is 5.01. The van der Waals surface area contributed by atoms with Crippen LogP contribution < -0.4 is 5.32 Å². The van der Waals surface area contributed by atoms with Crippen LogP contribution in [0.25, 0.3) is 0 Å². The van der Waals surface area contributed by atoms with Gasteiger partial charge in [0.25, 0.3) is 0 Å². The van der Waals surface area contributed by atoms with E-state index in [4.69, 9.17) is 0 Å². The number of rotatable bonds is 3. The number of hydrogen-bond donors (Lipinski definition) is 1. The van der Waals surface area contributed by atoms with Crippen molar-refractivity contribution >= 4 is 24.0 Å². The normalized spacial score (nSPS) is 9.38. The van der Waals surface area contributed by atoms with Crippen molar-refractivity contribution in [1.29, 1.82) is 0 Å². The Bertz CT molecular complexity index is 442. The van der Waals surface area contributed by atoms with Gasteiger partial charge in [0.2, 0.25) is 5.91 Å². The first-order valence-corrected chi connectivity index (χ1v) is 4.40. The van der Waals surface area contributed by atoms with Crippen molar-refractivity contribution in [3.8, 4) is 0 Å². The summed E-state index contributed by atoms with van der Waals surface area (Å²) in [4.78, 5) is 36.4. The van der Waals surface area contributed by atoms with E-state index in [1.165, 1.54) is 26.2 Å². The monoisotopic (exact) mass is 222 g/mol. The molecule has 0 saturated carbocycles. The van der Waals surface area contributed by atoms with E-state index >= 15 is 0 Å². The van der Waals surface area contributed by atoms with Gasteiger partial charge in [-0.05, 0) is 12.1 Å². The van der Waals surface area contributed by atoms with Crippen LogP contribution in [0.2, 0.25) is 0 Å². The summed E-state index contributed by atoms with van der Waals surface area (Å²) in [6.07, 6.45) is 0.484. The molecule has 1 aromatic heterocycles. The van der Waals surface area contributed by atoms with Crippen molar-refractivity contribution < 1.29 is 19.1 Å². The largest absolute Gasteiger partial charge is 0.465 e. The highest BCUT2D eigenvalue weighted by molar-refractivity contribution is 5.94. The summed E-state index contributed by atoms with van der Waals surface area (Å²) < 4.78 is 4.50. The van der Waals surface area contributed by atoms with Gasteiger partial charge in [0.05, 0.1) is 12.7 Å². The summed E-state index contributed by atoms with van der Waals surface area (Å²) >= 11 is 0. The highest BCUT2D eigenvalue weighted by atomic mass is 16.5. The molecular formula is C10H10N2O4. The fraction of sp³-hybridized carbons (Fsp3) is 0.200. The molecule has 0 fully saturated rings. The Balaban J connectivity index is 3.15. The molecule has 1 rings (SSSR count). The van der Waals surface area contributed by atoms with Crippen molar-refractivity contribution in [3.05, 3.63) is 23.4 Å². The summed E-state index contributed by atoms with van der Waals surface area (Å²) in [5, 5.41) is 2.38. The predicted molar refractivity (Wildman–Crippen MR) is 55.3 cm³/mol. The molecule has 0 saturated heterocycles. The van der Waals surface area contributed by atoms with Gasteiger partial charge in [-0.15, -0.1) is 0 Å². The SMILES string of the molecule is COC(=O)c1cc(C=O)nc(NC(C)=O)c1. The van der Waals surface area contributed by atoms with E-state index in [2.05, 4.69) is 15.0 Å². The van der Waals surface area contributed by atoms with Gasteiger partial charge >= 0.3 is 5.97 Å². The Hall–Kier alpha value is -2.24. The summed E-state index contributed by atoms with van der Waals surface area (Å²) in [7, 11) is 1.22. The number of anilines is 1. The molecule has 16 heavy (non-hydrogen) atoms. The first-order valence-electron chi connectivity index (χ1n) is 4.40. The number of carbonyl (C=O) groups is 3. The third-order valence-electron chi connectivity index (χ3n) is 1.69. The van der Waals surface area contributed by atoms with Gasteiger partial charge in [-0.2, -0.15) is 0 Å². The number of ether oxygens (including phenoxy) is 1. The van der Waals surface area contributed by atoms with Crippen LogP contribution in [0.4, 0.5) is 5.82 Å². The fourth-order valence-corrected chi connectivity index (χ4v) is 1.09. The lowest BCUT2D eigenvalue weighted by atomic mass is 10.2. The van der Waals surface area contributed by atoms with E-state index in [-0.39, 0.29) is 23.0 Å². The molecule has 0 unspecified atom stereocenters. The highest BCUT2D eigenvalue weighted by Gasteiger charge is 2.10. The lowest BCUT2D eigenvalue weighted by molar-refractivity contribution is -0.114. The molecule has 1 aromatic rings. The minimum absolute atomic E-state index is 0.0478. The molecule has 0 spiro atoms. The maximum absolute atomic E-state index is 11.2. The van der Waals surface area contributed by atoms with Gasteiger partial charge in [-0.1, -0.05) is 0 Å². The van der Waals surface area contributed by atoms with Gasteiger partial charge in [0, 0.05) is 6.92 Å². The zero-order valence-corrected chi connectivity index (χ0v) is 8.81. The molecule has 1 heterocycles. The maximum atomic E-state index is 11.2. The van der Waals surface area contributed by atoms with E-state index in [0.717, 1.165) is 0 Å². The van der Waals surface area contributed by atoms with Crippen molar-refractivity contribution in [2.45, 2.75) is 6.92 Å². The first kappa shape index (κ1) is 11.8. The summed E-state index contributed by atoms with van der Waals surface area (Å²) in [6, 6.07) is 2.62. The van der Waals surface area contributed by atoms with E-state index in [1.54, 1.807) is 0 Å². The van der Waals surface area contributed by atoms with Crippen LogP contribution in [0.1, 0.15) is 27.8 Å². The molecule has 0 aliphatic rings. The number of methoxy groups -OCH3 is 1. The Morgan fingerprint density at radius 3 is 2.62 bits per heavy atom. The predicted octanol–water partition coefficient (Wildman–Crippen LogP) is 0.639. The third-order valence-corrected chi connectivity index (χ3v) is 1.69. The number of esters is 1. The molecule has 1 N–H and O–H groups in total. The quantitative estimate of drug-likeness (QED) is 0.599. The van der Waals surface area contributed by atoms with Gasteiger partial charge in [0.15, 0.2) is 6.29 Å². The number of pyridine rings is 1. The lowest BCUT2D eigenvalue weighted by Crippen LogP contribution is -2.11. The summed E-state index contributed by atoms with van der Waals surface area (Å²) in [5.41, 5.74) is 0.204. The van der Waals surface area contributed by atoms with Crippen LogP contribution in [0.15, 0.2) is 12.1 Å². The van der Waals surface area contributed by atoms with Crippen LogP contribution in [0.3, 0.4) is 0 Å². The number of aromatic nitrogens is 1. The Kier molecular flexibility index (Phi) is 3.71. The number of nitrogens with one attached hydrogen (secondary N) is 1. The number of hydrogen-bond acceptors (Lipinski definition) is 5. The van der Waals surface area contributed by atoms with Crippen molar-refractivity contribution in [3.63, 3.8) is 0 Å². The van der Waals surface area contributed by atoms with Gasteiger partial charge in [0.1, 0.15) is 11.5 Å². The topological polar surface area (TPSA) is 85.4 Å². The minimum atomic E-state index is -0.600. The van der Waals surface area contributed by atoms with Gasteiger partial charge < -0.3 is 10.1 Å². The van der Waals surface area contributed by atoms with E-state index < -0.39 is 5.97 Å². The highest BCUT2D eigenvalue weighted by Crippen LogP contribution is 2.10. The molecule has 6 nitrogen and oxygen atoms in total. The minimum Gasteiger partial charge on any atom is -0.465 e. The molecule has 84 valence electrons. The summed E-state index contributed by atoms with van der Waals surface area (Å²) in [6.45, 7) is 1.30. The number of amides is 1. The first-order chi connectivity index (χ1) is 7.56. The van der Waals surface area contributed by atoms with Crippen LogP contribution in [0, 0.1) is 0 Å². The molecule has 0 atom stereocenters. The average Bonchev–Trinajstić information content (AvgIpc) is 2.26. The second-order valence-electron chi connectivity index (χ2n) is 2.96. The van der Waals surface area contributed by atoms with Crippen molar-refractivity contribution in [2.75, 3.05) is 12.4 Å². The third kappa shape index (κ3) is 2.88. The Morgan fingerprint density at radius 2 is 2.12 bits per heavy atom. The van der Waals surface area contributed by atoms with Gasteiger partial charge in [-0.3, -0.25) is 9.59 Å². The van der Waals surface area contributed by atoms with E-state index in [0.29, 0.717) is 6.29 Å². The van der Waals surface area contributed by atoms with E-state index in [1.807, 2.05) is 0 Å². The smallest absolute Gasteiger partial charge is 0.338 e. The average molecular weight is 222 g/mol. The number of aldehydes is 1. The lowest BCUT2D eigenvalue weighted by Gasteiger charge is -2.04. The molecule has 6 heteroatoms. The molecular weight excluding hydrogens is 212 g/mol. The molecule has 0 aromatic carbocycles. The molecule has 0 aliphatic heterocycles. The zero-order chi connectivity index (χ0) is 12.1. The molecule has 0 bridgehead atoms. The van der Waals surface area contributed by atoms with Crippen molar-refractivity contribution in [2.24, 2.45) is 0 Å². The Labute approximate surface area is 91.6 Å². The summed E-state index contributed by atoms with van der Waals surface area (Å²) in [5.74, 6) is -0.805. The Morgan fingerprint density at radius 1 is 1.44 bits per heavy atom. The van der Waals surface area contributed by atoms with Crippen LogP contribution in [-0.2, 0) is 9.53 Å². The van der Waals surface area contributed by atoms with Gasteiger partial charge in [-0.25, -0.2) is 9.78 Å². The number of carbonyl (C=O) groups excluding carboxylic acids is 3. The molecule has 0 aliphatic carbocycles. The fourth-order valence-electron chi connectivity index (χ4n) is 1.09. The van der Waals surface area contributed by atoms with Crippen molar-refractivity contribution in [1.82, 2.24) is 4.98 Å². The number of nitrogens with zero attached hydrogens (tertiary/aromatic N) is 1. The van der Waals surface area contributed by atoms with Crippen LogP contribution in [-0.4, -0.2) is 30.3 Å². The maximum Gasteiger partial charge on any atom is 0.338 e. The molecule has 1 amide bonds. The van der Waals surface area contributed by atoms with Crippen LogP contribution >= 0.6 is 0 Å². The molecule has 0 radical (unpaired) electrons. The standard InChI is InChI=1S/C10H10N2O4/c1-6(14)11-9-4-7(10(15)16-2)3-8(5-13)12-9/h3-5H,1-2H3,(H,11,12,14). The second-order valence-corrected chi connectivity index (χ2v) is 2.96. The van der Waals surface area contributed by atoms with Crippen LogP contribution in [0.5, 0.6) is 0 Å².